The molecule has 2 aromatic heterocycles. The van der Waals surface area contributed by atoms with Crippen LogP contribution in [0.4, 0.5) is 0 Å². The second kappa shape index (κ2) is 6.46. The molecule has 0 aromatic carbocycles. The highest BCUT2D eigenvalue weighted by molar-refractivity contribution is 5.73. The molecular weight excluding hydrogens is 280 g/mol. The monoisotopic (exact) mass is 302 g/mol. The third-order valence-corrected chi connectivity index (χ3v) is 4.32. The van der Waals surface area contributed by atoms with Gasteiger partial charge in [-0.3, -0.25) is 14.6 Å². The Labute approximate surface area is 130 Å². The minimum Gasteiger partial charge on any atom is -0.480 e. The summed E-state index contributed by atoms with van der Waals surface area (Å²) in [5, 5.41) is 9.24. The summed E-state index contributed by atoms with van der Waals surface area (Å²) in [6.07, 6.45) is 4.72. The van der Waals surface area contributed by atoms with Crippen LogP contribution in [0.1, 0.15) is 19.0 Å². The fourth-order valence-electron chi connectivity index (χ4n) is 3.11. The molecule has 1 aliphatic rings. The van der Waals surface area contributed by atoms with E-state index in [0.29, 0.717) is 6.42 Å². The fraction of sp³-hybridized carbons (Fsp3) is 0.500. The molecular formula is C16H22N4O2. The van der Waals surface area contributed by atoms with Gasteiger partial charge in [-0.25, -0.2) is 4.98 Å². The van der Waals surface area contributed by atoms with E-state index in [1.54, 1.807) is 0 Å². The van der Waals surface area contributed by atoms with Gasteiger partial charge < -0.3 is 9.51 Å². The fourth-order valence-corrected chi connectivity index (χ4v) is 3.11. The summed E-state index contributed by atoms with van der Waals surface area (Å²) >= 11 is 0. The van der Waals surface area contributed by atoms with Crippen LogP contribution in [-0.4, -0.2) is 62.5 Å². The number of rotatable bonds is 5. The van der Waals surface area contributed by atoms with Crippen LogP contribution < -0.4 is 0 Å². The summed E-state index contributed by atoms with van der Waals surface area (Å²) in [5.41, 5.74) is 2.03. The average Bonchev–Trinajstić information content (AvgIpc) is 2.91. The minimum atomic E-state index is -0.712. The number of carboxylic acid groups (broad SMARTS) is 1. The molecule has 0 amide bonds. The normalized spacial score (nSPS) is 18.6. The van der Waals surface area contributed by atoms with E-state index in [2.05, 4.69) is 21.0 Å². The summed E-state index contributed by atoms with van der Waals surface area (Å²) in [4.78, 5) is 20.3. The van der Waals surface area contributed by atoms with Gasteiger partial charge in [-0.05, 0) is 18.6 Å². The number of aliphatic carboxylic acids is 1. The van der Waals surface area contributed by atoms with Crippen LogP contribution in [0.3, 0.4) is 0 Å². The van der Waals surface area contributed by atoms with E-state index in [-0.39, 0.29) is 6.04 Å². The SMILES string of the molecule is CCC(C(=O)O)N1CCN(Cc2cn3ccccc3n2)CC1. The molecule has 0 spiro atoms. The summed E-state index contributed by atoms with van der Waals surface area (Å²) in [7, 11) is 0. The maximum Gasteiger partial charge on any atom is 0.320 e. The molecule has 0 bridgehead atoms. The number of imidazole rings is 1. The van der Waals surface area contributed by atoms with E-state index in [9.17, 15) is 9.90 Å². The van der Waals surface area contributed by atoms with Crippen molar-refractivity contribution >= 4 is 11.6 Å². The molecule has 0 radical (unpaired) electrons. The van der Waals surface area contributed by atoms with Crippen LogP contribution in [0.25, 0.3) is 5.65 Å². The number of piperazine rings is 1. The van der Waals surface area contributed by atoms with Gasteiger partial charge in [-0.1, -0.05) is 13.0 Å². The maximum atomic E-state index is 11.2. The van der Waals surface area contributed by atoms with Crippen LogP contribution in [-0.2, 0) is 11.3 Å². The quantitative estimate of drug-likeness (QED) is 0.902. The molecule has 118 valence electrons. The third-order valence-electron chi connectivity index (χ3n) is 4.32. The Kier molecular flexibility index (Phi) is 4.40. The lowest BCUT2D eigenvalue weighted by Gasteiger charge is -2.37. The summed E-state index contributed by atoms with van der Waals surface area (Å²) in [6, 6.07) is 5.63. The van der Waals surface area contributed by atoms with Gasteiger partial charge in [0.2, 0.25) is 0 Å². The molecule has 3 heterocycles. The van der Waals surface area contributed by atoms with Gasteiger partial charge in [0, 0.05) is 45.1 Å². The van der Waals surface area contributed by atoms with Gasteiger partial charge in [0.15, 0.2) is 0 Å². The number of nitrogens with zero attached hydrogens (tertiary/aromatic N) is 4. The molecule has 1 unspecified atom stereocenters. The lowest BCUT2D eigenvalue weighted by atomic mass is 10.1. The van der Waals surface area contributed by atoms with Crippen LogP contribution in [0.15, 0.2) is 30.6 Å². The molecule has 1 fully saturated rings. The minimum absolute atomic E-state index is 0.350. The Balaban J connectivity index is 1.58. The number of carboxylic acids is 1. The Hall–Kier alpha value is -1.92. The topological polar surface area (TPSA) is 61.1 Å². The lowest BCUT2D eigenvalue weighted by molar-refractivity contribution is -0.144. The van der Waals surface area contributed by atoms with E-state index in [1.807, 2.05) is 35.7 Å². The highest BCUT2D eigenvalue weighted by Crippen LogP contribution is 2.13. The Morgan fingerprint density at radius 1 is 1.32 bits per heavy atom. The highest BCUT2D eigenvalue weighted by atomic mass is 16.4. The number of carbonyl (C=O) groups is 1. The molecule has 6 nitrogen and oxygen atoms in total. The molecule has 1 saturated heterocycles. The number of pyridine rings is 1. The average molecular weight is 302 g/mol. The second-order valence-electron chi connectivity index (χ2n) is 5.77. The van der Waals surface area contributed by atoms with Crippen molar-refractivity contribution in [3.63, 3.8) is 0 Å². The molecule has 1 atom stereocenters. The summed E-state index contributed by atoms with van der Waals surface area (Å²) in [6.45, 7) is 6.13. The van der Waals surface area contributed by atoms with Gasteiger partial charge in [-0.2, -0.15) is 0 Å². The maximum absolute atomic E-state index is 11.2. The lowest BCUT2D eigenvalue weighted by Crippen LogP contribution is -2.52. The molecule has 2 aromatic rings. The largest absolute Gasteiger partial charge is 0.480 e. The van der Waals surface area contributed by atoms with Gasteiger partial charge in [0.25, 0.3) is 0 Å². The predicted octanol–water partition coefficient (Wildman–Crippen LogP) is 1.32. The zero-order chi connectivity index (χ0) is 15.5. The number of fused-ring (bicyclic) bond motifs is 1. The summed E-state index contributed by atoms with van der Waals surface area (Å²) in [5.74, 6) is -0.712. The first-order valence-corrected chi connectivity index (χ1v) is 7.79. The molecule has 22 heavy (non-hydrogen) atoms. The zero-order valence-electron chi connectivity index (χ0n) is 12.9. The van der Waals surface area contributed by atoms with Crippen molar-refractivity contribution in [2.45, 2.75) is 25.9 Å². The predicted molar refractivity (Wildman–Crippen MR) is 83.8 cm³/mol. The first-order valence-electron chi connectivity index (χ1n) is 7.79. The van der Waals surface area contributed by atoms with E-state index >= 15 is 0 Å². The highest BCUT2D eigenvalue weighted by Gasteiger charge is 2.27. The number of hydrogen-bond donors (Lipinski definition) is 1. The van der Waals surface area contributed by atoms with Crippen LogP contribution in [0.5, 0.6) is 0 Å². The van der Waals surface area contributed by atoms with Crippen molar-refractivity contribution in [3.8, 4) is 0 Å². The second-order valence-corrected chi connectivity index (χ2v) is 5.77. The number of hydrogen-bond acceptors (Lipinski definition) is 4. The summed E-state index contributed by atoms with van der Waals surface area (Å²) < 4.78 is 2.03. The van der Waals surface area contributed by atoms with E-state index in [1.165, 1.54) is 0 Å². The van der Waals surface area contributed by atoms with Crippen LogP contribution in [0.2, 0.25) is 0 Å². The zero-order valence-corrected chi connectivity index (χ0v) is 12.9. The van der Waals surface area contributed by atoms with E-state index in [4.69, 9.17) is 0 Å². The van der Waals surface area contributed by atoms with Gasteiger partial charge >= 0.3 is 5.97 Å². The van der Waals surface area contributed by atoms with Crippen LogP contribution >= 0.6 is 0 Å². The number of aromatic nitrogens is 2. The van der Waals surface area contributed by atoms with Crippen molar-refractivity contribution in [3.05, 3.63) is 36.3 Å². The molecule has 0 aliphatic carbocycles. The van der Waals surface area contributed by atoms with Gasteiger partial charge in [0.1, 0.15) is 11.7 Å². The smallest absolute Gasteiger partial charge is 0.320 e. The molecule has 6 heteroatoms. The molecule has 1 N–H and O–H groups in total. The first kappa shape index (κ1) is 15.0. The van der Waals surface area contributed by atoms with Crippen molar-refractivity contribution < 1.29 is 9.90 Å². The van der Waals surface area contributed by atoms with Crippen molar-refractivity contribution in [2.75, 3.05) is 26.2 Å². The van der Waals surface area contributed by atoms with Crippen molar-refractivity contribution in [1.29, 1.82) is 0 Å². The molecule has 1 aliphatic heterocycles. The van der Waals surface area contributed by atoms with E-state index in [0.717, 1.165) is 44.1 Å². The Morgan fingerprint density at radius 3 is 2.73 bits per heavy atom. The van der Waals surface area contributed by atoms with Crippen molar-refractivity contribution in [1.82, 2.24) is 19.2 Å². The molecule has 0 saturated carbocycles. The van der Waals surface area contributed by atoms with Gasteiger partial charge in [0.05, 0.1) is 5.69 Å². The Morgan fingerprint density at radius 2 is 2.09 bits per heavy atom. The third kappa shape index (κ3) is 3.13. The van der Waals surface area contributed by atoms with E-state index < -0.39 is 5.97 Å². The Bertz CT molecular complexity index is 613. The first-order chi connectivity index (χ1) is 10.7. The standard InChI is InChI=1S/C16H22N4O2/c1-2-14(16(21)22)19-9-7-18(8-10-19)11-13-12-20-6-4-3-5-15(20)17-13/h3-6,12,14H,2,7-11H2,1H3,(H,21,22). The van der Waals surface area contributed by atoms with Gasteiger partial charge in [-0.15, -0.1) is 0 Å². The van der Waals surface area contributed by atoms with Crippen molar-refractivity contribution in [2.24, 2.45) is 0 Å². The van der Waals surface area contributed by atoms with Crippen LogP contribution in [0, 0.1) is 0 Å². The molecule has 3 rings (SSSR count).